The second kappa shape index (κ2) is 6.01. The first-order chi connectivity index (χ1) is 7.87. The highest BCUT2D eigenvalue weighted by Crippen LogP contribution is 2.54. The van der Waals surface area contributed by atoms with Crippen molar-refractivity contribution < 1.29 is 4.89 Å². The second-order valence-corrected chi connectivity index (χ2v) is 7.75. The van der Waals surface area contributed by atoms with Crippen molar-refractivity contribution in [3.8, 4) is 0 Å². The summed E-state index contributed by atoms with van der Waals surface area (Å²) in [5.74, 6) is 0. The minimum absolute atomic E-state index is 0.133. The van der Waals surface area contributed by atoms with Crippen LogP contribution < -0.4 is 0 Å². The maximum Gasteiger partial charge on any atom is 0.135 e. The van der Waals surface area contributed by atoms with Gasteiger partial charge in [-0.25, -0.2) is 4.76 Å². The molecule has 0 aromatic rings. The molecule has 100 valence electrons. The maximum absolute atomic E-state index is 9.22. The molecule has 1 saturated heterocycles. The maximum atomic E-state index is 9.22. The molecule has 0 aromatic heterocycles. The van der Waals surface area contributed by atoms with E-state index in [-0.39, 0.29) is 22.7 Å². The van der Waals surface area contributed by atoms with E-state index >= 15 is 0 Å². The third-order valence-corrected chi connectivity index (χ3v) is 6.47. The molecule has 1 N–H and O–H groups in total. The van der Waals surface area contributed by atoms with E-state index in [1.54, 1.807) is 0 Å². The van der Waals surface area contributed by atoms with Gasteiger partial charge in [0.05, 0.1) is 5.45 Å². The molecule has 0 aromatic carbocycles. The van der Waals surface area contributed by atoms with Gasteiger partial charge in [0.25, 0.3) is 0 Å². The fourth-order valence-corrected chi connectivity index (χ4v) is 5.83. The van der Waals surface area contributed by atoms with Crippen LogP contribution in [0.2, 0.25) is 0 Å². The molecule has 1 aliphatic heterocycles. The van der Waals surface area contributed by atoms with Crippen molar-refractivity contribution in [2.24, 2.45) is 4.76 Å². The molecule has 0 saturated carbocycles. The van der Waals surface area contributed by atoms with Crippen LogP contribution in [0.3, 0.4) is 0 Å². The normalized spacial score (nSPS) is 27.4. The van der Waals surface area contributed by atoms with E-state index in [1.165, 1.54) is 0 Å². The smallest absolute Gasteiger partial charge is 0.135 e. The molecular weight excluding hydrogens is 254 g/mol. The summed E-state index contributed by atoms with van der Waals surface area (Å²) in [5.41, 5.74) is 1.01. The molecule has 17 heavy (non-hydrogen) atoms. The standard InChI is InChI=1S/C10H24N4OP2/c1-12(2)10(13(3)4)7-8-17(14(5)6)9(10)11-16-15/h15-16H,7-8H2,1-6H3. The zero-order valence-corrected chi connectivity index (χ0v) is 13.5. The van der Waals surface area contributed by atoms with E-state index in [9.17, 15) is 4.89 Å². The average molecular weight is 278 g/mol. The molecule has 5 nitrogen and oxygen atoms in total. The third-order valence-electron chi connectivity index (χ3n) is 3.39. The van der Waals surface area contributed by atoms with Crippen molar-refractivity contribution in [3.05, 3.63) is 0 Å². The van der Waals surface area contributed by atoms with E-state index in [2.05, 4.69) is 61.5 Å². The van der Waals surface area contributed by atoms with Gasteiger partial charge in [0, 0.05) is 8.07 Å². The van der Waals surface area contributed by atoms with Crippen LogP contribution in [0.15, 0.2) is 4.76 Å². The van der Waals surface area contributed by atoms with Gasteiger partial charge in [0.2, 0.25) is 0 Å². The zero-order valence-electron chi connectivity index (χ0n) is 11.6. The number of hydrogen-bond donors (Lipinski definition) is 1. The van der Waals surface area contributed by atoms with E-state index < -0.39 is 0 Å². The lowest BCUT2D eigenvalue weighted by molar-refractivity contribution is 0.0736. The van der Waals surface area contributed by atoms with E-state index in [4.69, 9.17) is 0 Å². The highest BCUT2D eigenvalue weighted by molar-refractivity contribution is 7.74. The van der Waals surface area contributed by atoms with Gasteiger partial charge in [-0.15, -0.1) is 0 Å². The topological polar surface area (TPSA) is 42.3 Å². The molecule has 7 heteroatoms. The summed E-state index contributed by atoms with van der Waals surface area (Å²) >= 11 is 0. The Kier molecular flexibility index (Phi) is 5.45. The minimum Gasteiger partial charge on any atom is -0.356 e. The Labute approximate surface area is 108 Å². The van der Waals surface area contributed by atoms with Gasteiger partial charge in [-0.05, 0) is 54.9 Å². The lowest BCUT2D eigenvalue weighted by Crippen LogP contribution is -2.58. The van der Waals surface area contributed by atoms with Crippen molar-refractivity contribution in [1.82, 2.24) is 14.5 Å². The van der Waals surface area contributed by atoms with Crippen molar-refractivity contribution >= 4 is 22.5 Å². The van der Waals surface area contributed by atoms with Gasteiger partial charge >= 0.3 is 0 Å². The van der Waals surface area contributed by atoms with Gasteiger partial charge < -0.3 is 4.89 Å². The Hall–Kier alpha value is 0.370. The quantitative estimate of drug-likeness (QED) is 0.617. The van der Waals surface area contributed by atoms with Gasteiger partial charge in [-0.2, -0.15) is 0 Å². The number of nitrogens with zero attached hydrogens (tertiary/aromatic N) is 4. The van der Waals surface area contributed by atoms with E-state index in [0.29, 0.717) is 0 Å². The van der Waals surface area contributed by atoms with E-state index in [0.717, 1.165) is 18.0 Å². The Morgan fingerprint density at radius 2 is 1.71 bits per heavy atom. The van der Waals surface area contributed by atoms with Gasteiger partial charge in [0.15, 0.2) is 0 Å². The first-order valence-corrected chi connectivity index (χ1v) is 8.02. The summed E-state index contributed by atoms with van der Waals surface area (Å²) in [6, 6.07) is 0. The van der Waals surface area contributed by atoms with Crippen LogP contribution in [-0.2, 0) is 0 Å². The Morgan fingerprint density at radius 1 is 1.18 bits per heavy atom. The fourth-order valence-electron chi connectivity index (χ4n) is 2.52. The lowest BCUT2D eigenvalue weighted by atomic mass is 10.1. The van der Waals surface area contributed by atoms with Gasteiger partial charge in [0.1, 0.15) is 14.6 Å². The average Bonchev–Trinajstić information content (AvgIpc) is 2.58. The molecule has 1 rings (SSSR count). The van der Waals surface area contributed by atoms with Gasteiger partial charge in [-0.1, -0.05) is 0 Å². The van der Waals surface area contributed by atoms with Crippen LogP contribution in [0, 0.1) is 0 Å². The summed E-state index contributed by atoms with van der Waals surface area (Å²) in [5, 5.41) is 0. The summed E-state index contributed by atoms with van der Waals surface area (Å²) < 4.78 is 6.68. The molecule has 1 aliphatic rings. The first kappa shape index (κ1) is 15.4. The zero-order chi connectivity index (χ0) is 13.2. The predicted octanol–water partition coefficient (Wildman–Crippen LogP) is 1.07. The van der Waals surface area contributed by atoms with Crippen LogP contribution in [0.4, 0.5) is 0 Å². The molecule has 0 bridgehead atoms. The van der Waals surface area contributed by atoms with Crippen LogP contribution in [-0.4, -0.2) is 78.9 Å². The van der Waals surface area contributed by atoms with Crippen LogP contribution in [0.1, 0.15) is 6.42 Å². The molecule has 2 unspecified atom stereocenters. The number of hydrogen-bond acceptors (Lipinski definition) is 5. The summed E-state index contributed by atoms with van der Waals surface area (Å²) in [4.78, 5) is 13.7. The molecule has 1 fully saturated rings. The summed E-state index contributed by atoms with van der Waals surface area (Å²) in [6.45, 7) is 0. The highest BCUT2D eigenvalue weighted by Gasteiger charge is 2.49. The van der Waals surface area contributed by atoms with Crippen LogP contribution in [0.5, 0.6) is 0 Å². The van der Waals surface area contributed by atoms with Crippen molar-refractivity contribution in [1.29, 1.82) is 0 Å². The van der Waals surface area contributed by atoms with Gasteiger partial charge in [-0.3, -0.25) is 14.5 Å². The van der Waals surface area contributed by atoms with Crippen LogP contribution in [0.25, 0.3) is 0 Å². The van der Waals surface area contributed by atoms with Crippen molar-refractivity contribution in [2.45, 2.75) is 12.1 Å². The monoisotopic (exact) mass is 278 g/mol. The Morgan fingerprint density at radius 3 is 2.06 bits per heavy atom. The first-order valence-electron chi connectivity index (χ1n) is 5.64. The summed E-state index contributed by atoms with van der Waals surface area (Å²) in [7, 11) is 11.8. The second-order valence-electron chi connectivity index (χ2n) is 4.86. The van der Waals surface area contributed by atoms with E-state index in [1.807, 2.05) is 0 Å². The largest absolute Gasteiger partial charge is 0.356 e. The Balaban J connectivity index is 3.19. The molecule has 0 aliphatic carbocycles. The molecular formula is C10H24N4OP2. The molecule has 0 amide bonds. The highest BCUT2D eigenvalue weighted by atomic mass is 31.1. The SMILES string of the molecule is CN(C)P1CCC(N(C)C)(N(C)C)C1=NPO. The van der Waals surface area contributed by atoms with Crippen molar-refractivity contribution in [2.75, 3.05) is 48.4 Å². The molecule has 1 heterocycles. The minimum atomic E-state index is -0.379. The molecule has 2 atom stereocenters. The molecule has 0 spiro atoms. The number of rotatable bonds is 4. The van der Waals surface area contributed by atoms with Crippen LogP contribution >= 0.6 is 17.0 Å². The summed E-state index contributed by atoms with van der Waals surface area (Å²) in [6.07, 6.45) is 2.21. The fraction of sp³-hybridized carbons (Fsp3) is 0.900. The predicted molar refractivity (Wildman–Crippen MR) is 78.2 cm³/mol. The molecule has 0 radical (unpaired) electrons. The lowest BCUT2D eigenvalue weighted by Gasteiger charge is -2.43. The van der Waals surface area contributed by atoms with Crippen molar-refractivity contribution in [3.63, 3.8) is 0 Å². The third kappa shape index (κ3) is 2.70. The Bertz CT molecular complexity index is 286.